The van der Waals surface area contributed by atoms with E-state index >= 15 is 0 Å². The van der Waals surface area contributed by atoms with Gasteiger partial charge < -0.3 is 5.32 Å². The summed E-state index contributed by atoms with van der Waals surface area (Å²) < 4.78 is 14.1. The van der Waals surface area contributed by atoms with E-state index in [4.69, 9.17) is 11.6 Å². The monoisotopic (exact) mass is 314 g/mol. The molecule has 5 heteroatoms. The minimum Gasteiger partial charge on any atom is -0.381 e. The lowest BCUT2D eigenvalue weighted by Gasteiger charge is -2.07. The van der Waals surface area contributed by atoms with E-state index in [-0.39, 0.29) is 5.02 Å². The van der Waals surface area contributed by atoms with Crippen molar-refractivity contribution in [2.75, 3.05) is 5.32 Å². The summed E-state index contributed by atoms with van der Waals surface area (Å²) in [5.74, 6) is -0.427. The van der Waals surface area contributed by atoms with Crippen molar-refractivity contribution in [3.63, 3.8) is 0 Å². The van der Waals surface area contributed by atoms with Crippen molar-refractivity contribution in [1.82, 2.24) is 4.98 Å². The lowest BCUT2D eigenvalue weighted by Crippen LogP contribution is -2.00. The van der Waals surface area contributed by atoms with Crippen molar-refractivity contribution in [1.29, 1.82) is 0 Å². The molecule has 0 atom stereocenters. The third kappa shape index (κ3) is 3.41. The van der Waals surface area contributed by atoms with Crippen LogP contribution >= 0.6 is 27.5 Å². The van der Waals surface area contributed by atoms with Crippen molar-refractivity contribution in [2.45, 2.75) is 6.54 Å². The van der Waals surface area contributed by atoms with Crippen molar-refractivity contribution < 1.29 is 4.39 Å². The normalized spacial score (nSPS) is 10.3. The molecule has 0 spiro atoms. The van der Waals surface area contributed by atoms with Gasteiger partial charge in [-0.3, -0.25) is 4.98 Å². The fourth-order valence-corrected chi connectivity index (χ4v) is 1.89. The number of hydrogen-bond acceptors (Lipinski definition) is 2. The summed E-state index contributed by atoms with van der Waals surface area (Å²) in [4.78, 5) is 4.05. The van der Waals surface area contributed by atoms with Crippen molar-refractivity contribution in [3.05, 3.63) is 57.5 Å². The molecule has 0 saturated heterocycles. The van der Waals surface area contributed by atoms with Gasteiger partial charge in [0, 0.05) is 29.1 Å². The van der Waals surface area contributed by atoms with Crippen LogP contribution in [0.3, 0.4) is 0 Å². The van der Waals surface area contributed by atoms with Crippen LogP contribution in [0.1, 0.15) is 5.56 Å². The zero-order chi connectivity index (χ0) is 12.3. The highest BCUT2D eigenvalue weighted by Gasteiger charge is 2.01. The fraction of sp³-hybridized carbons (Fsp3) is 0.0833. The van der Waals surface area contributed by atoms with E-state index in [1.54, 1.807) is 18.5 Å². The van der Waals surface area contributed by atoms with E-state index in [0.717, 1.165) is 10.0 Å². The maximum absolute atomic E-state index is 13.2. The molecule has 2 nitrogen and oxygen atoms in total. The van der Waals surface area contributed by atoms with Crippen LogP contribution in [-0.2, 0) is 6.54 Å². The Morgan fingerprint density at radius 1 is 1.29 bits per heavy atom. The van der Waals surface area contributed by atoms with E-state index in [0.29, 0.717) is 12.2 Å². The topological polar surface area (TPSA) is 24.9 Å². The first-order valence-corrected chi connectivity index (χ1v) is 6.10. The molecule has 1 heterocycles. The second-order valence-corrected chi connectivity index (χ2v) is 4.82. The maximum Gasteiger partial charge on any atom is 0.143 e. The van der Waals surface area contributed by atoms with Crippen LogP contribution in [0.4, 0.5) is 10.1 Å². The molecule has 0 aliphatic heterocycles. The molecule has 0 saturated carbocycles. The predicted molar refractivity (Wildman–Crippen MR) is 70.7 cm³/mol. The quantitative estimate of drug-likeness (QED) is 0.916. The SMILES string of the molecule is Fc1cc(NCc2cncc(Br)c2)ccc1Cl. The van der Waals surface area contributed by atoms with Crippen molar-refractivity contribution >= 4 is 33.2 Å². The van der Waals surface area contributed by atoms with Crippen LogP contribution in [0.25, 0.3) is 0 Å². The number of pyridine rings is 1. The highest BCUT2D eigenvalue weighted by Crippen LogP contribution is 2.19. The van der Waals surface area contributed by atoms with Crippen molar-refractivity contribution in [3.8, 4) is 0 Å². The van der Waals surface area contributed by atoms with Crippen LogP contribution in [0, 0.1) is 5.82 Å². The summed E-state index contributed by atoms with van der Waals surface area (Å²) in [5, 5.41) is 3.22. The molecular weight excluding hydrogens is 307 g/mol. The second-order valence-electron chi connectivity index (χ2n) is 3.49. The van der Waals surface area contributed by atoms with E-state index in [2.05, 4.69) is 26.2 Å². The lowest BCUT2D eigenvalue weighted by molar-refractivity contribution is 0.628. The predicted octanol–water partition coefficient (Wildman–Crippen LogP) is 4.25. The first-order chi connectivity index (χ1) is 8.15. The van der Waals surface area contributed by atoms with E-state index in [1.807, 2.05) is 6.07 Å². The minimum absolute atomic E-state index is 0.125. The summed E-state index contributed by atoms with van der Waals surface area (Å²) in [6, 6.07) is 6.58. The number of nitrogens with one attached hydrogen (secondary N) is 1. The number of benzene rings is 1. The molecule has 0 unspecified atom stereocenters. The molecule has 2 rings (SSSR count). The summed E-state index contributed by atoms with van der Waals surface area (Å²) in [6.45, 7) is 0.577. The highest BCUT2D eigenvalue weighted by atomic mass is 79.9. The van der Waals surface area contributed by atoms with Gasteiger partial charge in [0.05, 0.1) is 5.02 Å². The molecule has 1 aromatic heterocycles. The Kier molecular flexibility index (Phi) is 3.97. The average molecular weight is 316 g/mol. The smallest absolute Gasteiger partial charge is 0.143 e. The summed E-state index contributed by atoms with van der Waals surface area (Å²) in [5.41, 5.74) is 1.70. The molecule has 1 aromatic carbocycles. The van der Waals surface area contributed by atoms with Crippen LogP contribution in [0.15, 0.2) is 41.1 Å². The maximum atomic E-state index is 13.2. The Morgan fingerprint density at radius 2 is 2.12 bits per heavy atom. The first kappa shape index (κ1) is 12.3. The van der Waals surface area contributed by atoms with E-state index in [9.17, 15) is 4.39 Å². The molecule has 0 radical (unpaired) electrons. The zero-order valence-electron chi connectivity index (χ0n) is 8.75. The Morgan fingerprint density at radius 3 is 2.82 bits per heavy atom. The first-order valence-electron chi connectivity index (χ1n) is 4.93. The molecule has 2 aromatic rings. The van der Waals surface area contributed by atoms with E-state index < -0.39 is 5.82 Å². The van der Waals surface area contributed by atoms with Gasteiger partial charge in [-0.1, -0.05) is 11.6 Å². The summed E-state index contributed by atoms with van der Waals surface area (Å²) in [6.07, 6.45) is 3.47. The fourth-order valence-electron chi connectivity index (χ4n) is 1.36. The van der Waals surface area contributed by atoms with Gasteiger partial charge in [-0.25, -0.2) is 4.39 Å². The van der Waals surface area contributed by atoms with Gasteiger partial charge in [-0.05, 0) is 45.8 Å². The summed E-state index contributed by atoms with van der Waals surface area (Å²) in [7, 11) is 0. The number of hydrogen-bond donors (Lipinski definition) is 1. The van der Waals surface area contributed by atoms with Crippen LogP contribution in [0.2, 0.25) is 5.02 Å². The Labute approximate surface area is 112 Å². The van der Waals surface area contributed by atoms with Gasteiger partial charge >= 0.3 is 0 Å². The number of nitrogens with zero attached hydrogens (tertiary/aromatic N) is 1. The lowest BCUT2D eigenvalue weighted by atomic mass is 10.2. The summed E-state index contributed by atoms with van der Waals surface area (Å²) >= 11 is 8.94. The molecule has 0 amide bonds. The third-order valence-electron chi connectivity index (χ3n) is 2.18. The van der Waals surface area contributed by atoms with Gasteiger partial charge in [-0.15, -0.1) is 0 Å². The van der Waals surface area contributed by atoms with Crippen molar-refractivity contribution in [2.24, 2.45) is 0 Å². The zero-order valence-corrected chi connectivity index (χ0v) is 11.1. The minimum atomic E-state index is -0.427. The molecule has 88 valence electrons. The van der Waals surface area contributed by atoms with Crippen LogP contribution in [-0.4, -0.2) is 4.98 Å². The highest BCUT2D eigenvalue weighted by molar-refractivity contribution is 9.10. The molecule has 0 aliphatic carbocycles. The standard InChI is InChI=1S/C12H9BrClFN2/c13-9-3-8(5-16-7-9)6-17-10-1-2-11(14)12(15)4-10/h1-5,7,17H,6H2. The van der Waals surface area contributed by atoms with Gasteiger partial charge in [0.15, 0.2) is 0 Å². The van der Waals surface area contributed by atoms with Gasteiger partial charge in [-0.2, -0.15) is 0 Å². The number of rotatable bonds is 3. The van der Waals surface area contributed by atoms with E-state index in [1.165, 1.54) is 12.1 Å². The largest absolute Gasteiger partial charge is 0.381 e. The number of halogens is 3. The molecule has 0 aliphatic rings. The average Bonchev–Trinajstić information content (AvgIpc) is 2.31. The third-order valence-corrected chi connectivity index (χ3v) is 2.92. The number of anilines is 1. The van der Waals surface area contributed by atoms with Gasteiger partial charge in [0.2, 0.25) is 0 Å². The molecule has 0 fully saturated rings. The molecule has 1 N–H and O–H groups in total. The van der Waals surface area contributed by atoms with Crippen LogP contribution < -0.4 is 5.32 Å². The van der Waals surface area contributed by atoms with Gasteiger partial charge in [0.25, 0.3) is 0 Å². The Balaban J connectivity index is 2.05. The Hall–Kier alpha value is -1.13. The molecule has 17 heavy (non-hydrogen) atoms. The van der Waals surface area contributed by atoms with Crippen LogP contribution in [0.5, 0.6) is 0 Å². The van der Waals surface area contributed by atoms with Gasteiger partial charge in [0.1, 0.15) is 5.82 Å². The molecular formula is C12H9BrClFN2. The Bertz CT molecular complexity index is 534. The second kappa shape index (κ2) is 5.47. The number of aromatic nitrogens is 1. The molecule has 0 bridgehead atoms.